The van der Waals surface area contributed by atoms with Crippen LogP contribution in [-0.4, -0.2) is 14.2 Å². The lowest BCUT2D eigenvalue weighted by Gasteiger charge is -2.02. The molecule has 72 valence electrons. The minimum atomic E-state index is -4.86. The van der Waals surface area contributed by atoms with Crippen molar-refractivity contribution in [3.8, 4) is 0 Å². The molecule has 0 aliphatic carbocycles. The van der Waals surface area contributed by atoms with Crippen LogP contribution in [0.4, 0.5) is 8.78 Å². The molecule has 0 amide bonds. The molecule has 5 heteroatoms. The zero-order valence-electron chi connectivity index (χ0n) is 7.79. The van der Waals surface area contributed by atoms with E-state index < -0.39 is 20.5 Å². The molecule has 0 fully saturated rings. The van der Waals surface area contributed by atoms with Crippen molar-refractivity contribution in [2.75, 3.05) is 0 Å². The van der Waals surface area contributed by atoms with Gasteiger partial charge in [0, 0.05) is 0 Å². The number of benzene rings is 1. The smallest absolute Gasteiger partial charge is 0.218 e. The van der Waals surface area contributed by atoms with Crippen molar-refractivity contribution in [2.24, 2.45) is 0 Å². The lowest BCUT2D eigenvalue weighted by molar-refractivity contribution is 0.234. The molecule has 0 spiro atoms. The number of hydrogen-bond acceptors (Lipinski definition) is 2. The molecule has 0 bridgehead atoms. The highest BCUT2D eigenvalue weighted by molar-refractivity contribution is 7.91. The second kappa shape index (κ2) is 3.41. The highest BCUT2D eigenvalue weighted by Crippen LogP contribution is 2.17. The van der Waals surface area contributed by atoms with E-state index in [0.717, 1.165) is 17.7 Å². The van der Waals surface area contributed by atoms with E-state index in [-0.39, 0.29) is 0 Å². The van der Waals surface area contributed by atoms with Gasteiger partial charge in [-0.05, 0) is 19.1 Å². The predicted molar refractivity (Wildman–Crippen MR) is 44.4 cm³/mol. The summed E-state index contributed by atoms with van der Waals surface area (Å²) in [7, 11) is -4.86. The summed E-state index contributed by atoms with van der Waals surface area (Å²) in [5.74, 6) is 0. The van der Waals surface area contributed by atoms with Crippen molar-refractivity contribution in [2.45, 2.75) is 17.6 Å². The van der Waals surface area contributed by atoms with Gasteiger partial charge in [-0.3, -0.25) is 0 Å². The van der Waals surface area contributed by atoms with E-state index in [1.165, 1.54) is 12.1 Å². The first kappa shape index (κ1) is 8.62. The molecule has 0 radical (unpaired) electrons. The van der Waals surface area contributed by atoms with E-state index in [1.807, 2.05) is 0 Å². The summed E-state index contributed by atoms with van der Waals surface area (Å²) in [5, 5.41) is 0. The number of rotatable bonds is 2. The molecule has 1 rings (SSSR count). The van der Waals surface area contributed by atoms with Crippen LogP contribution in [-0.2, 0) is 9.84 Å². The van der Waals surface area contributed by atoms with E-state index in [4.69, 9.17) is 1.37 Å². The van der Waals surface area contributed by atoms with Crippen LogP contribution in [0.15, 0.2) is 29.2 Å². The number of sulfone groups is 1. The topological polar surface area (TPSA) is 34.1 Å². The van der Waals surface area contributed by atoms with Crippen molar-refractivity contribution < 1.29 is 18.6 Å². The largest absolute Gasteiger partial charge is 0.341 e. The third-order valence-electron chi connectivity index (χ3n) is 1.53. The molecule has 2 nitrogen and oxygen atoms in total. The maximum atomic E-state index is 12.4. The van der Waals surface area contributed by atoms with E-state index in [2.05, 4.69) is 0 Å². The van der Waals surface area contributed by atoms with Crippen LogP contribution in [0.5, 0.6) is 0 Å². The third-order valence-corrected chi connectivity index (χ3v) is 2.83. The Bertz CT molecular complexity index is 420. The molecule has 0 aliphatic heterocycles. The maximum absolute atomic E-state index is 12.4. The Morgan fingerprint density at radius 2 is 1.77 bits per heavy atom. The molecule has 13 heavy (non-hydrogen) atoms. The van der Waals surface area contributed by atoms with Crippen molar-refractivity contribution in [1.29, 1.82) is 0 Å². The molecular weight excluding hydrogens is 198 g/mol. The average molecular weight is 207 g/mol. The van der Waals surface area contributed by atoms with E-state index >= 15 is 0 Å². The Morgan fingerprint density at radius 3 is 2.15 bits per heavy atom. The molecule has 1 aromatic carbocycles. The third kappa shape index (κ3) is 2.03. The summed E-state index contributed by atoms with van der Waals surface area (Å²) in [6, 6.07) is 4.93. The number of halogens is 2. The molecule has 0 atom stereocenters. The zero-order chi connectivity index (χ0) is 11.0. The average Bonchev–Trinajstić information content (AvgIpc) is 2.03. The lowest BCUT2D eigenvalue weighted by Crippen LogP contribution is -2.11. The molecule has 0 saturated carbocycles. The SMILES string of the molecule is [2H]C(F)(F)S(=O)(=O)c1ccc(C)cc1. The number of alkyl halides is 2. The summed E-state index contributed by atoms with van der Waals surface area (Å²) in [6.07, 6.45) is 0. The van der Waals surface area contributed by atoms with Crippen molar-refractivity contribution in [3.05, 3.63) is 29.8 Å². The van der Waals surface area contributed by atoms with Crippen molar-refractivity contribution in [1.82, 2.24) is 0 Å². The highest BCUT2D eigenvalue weighted by atomic mass is 32.2. The molecule has 0 saturated heterocycles. The van der Waals surface area contributed by atoms with Crippen molar-refractivity contribution in [3.63, 3.8) is 0 Å². The Kier molecular flexibility index (Phi) is 2.26. The summed E-state index contributed by atoms with van der Waals surface area (Å²) in [6.45, 7) is 1.70. The van der Waals surface area contributed by atoms with E-state index in [9.17, 15) is 17.2 Å². The van der Waals surface area contributed by atoms with Gasteiger partial charge < -0.3 is 0 Å². The quantitative estimate of drug-likeness (QED) is 0.743. The first-order valence-corrected chi connectivity index (χ1v) is 4.92. The Hall–Kier alpha value is -0.970. The fourth-order valence-electron chi connectivity index (χ4n) is 0.807. The standard InChI is InChI=1S/C8H8F2O2S/c1-6-2-4-7(5-3-6)13(11,12)8(9)10/h2-5,8H,1H3/i8D. The number of hydrogen-bond donors (Lipinski definition) is 0. The summed E-state index contributed by atoms with van der Waals surface area (Å²) in [5.41, 5.74) is -3.72. The van der Waals surface area contributed by atoms with Gasteiger partial charge in [0.1, 0.15) is 1.37 Å². The Balaban J connectivity index is 3.25. The highest BCUT2D eigenvalue weighted by Gasteiger charge is 2.25. The summed E-state index contributed by atoms with van der Waals surface area (Å²) >= 11 is 0. The van der Waals surface area contributed by atoms with Crippen LogP contribution in [0.3, 0.4) is 0 Å². The van der Waals surface area contributed by atoms with Crippen LogP contribution < -0.4 is 0 Å². The van der Waals surface area contributed by atoms with Gasteiger partial charge >= 0.3 is 5.73 Å². The molecule has 0 heterocycles. The zero-order valence-corrected chi connectivity index (χ0v) is 7.61. The van der Waals surface area contributed by atoms with Gasteiger partial charge in [-0.25, -0.2) is 8.42 Å². The van der Waals surface area contributed by atoms with E-state index in [0.29, 0.717) is 0 Å². The first-order valence-electron chi connectivity index (χ1n) is 3.94. The summed E-state index contributed by atoms with van der Waals surface area (Å²) in [4.78, 5) is -0.539. The van der Waals surface area contributed by atoms with Gasteiger partial charge in [0.2, 0.25) is 9.84 Å². The predicted octanol–water partition coefficient (Wildman–Crippen LogP) is 1.99. The molecular formula is C8H8F2O2S. The fourth-order valence-corrected chi connectivity index (χ4v) is 1.48. The molecule has 0 aromatic heterocycles. The molecule has 0 aliphatic rings. The van der Waals surface area contributed by atoms with Crippen LogP contribution in [0.1, 0.15) is 6.93 Å². The van der Waals surface area contributed by atoms with Gasteiger partial charge in [0.15, 0.2) is 0 Å². The van der Waals surface area contributed by atoms with Gasteiger partial charge in [-0.15, -0.1) is 0 Å². The first-order chi connectivity index (χ1) is 6.25. The molecule has 0 N–H and O–H groups in total. The van der Waals surface area contributed by atoms with Crippen molar-refractivity contribution >= 4 is 9.84 Å². The minimum absolute atomic E-state index is 0.539. The van der Waals surface area contributed by atoms with Gasteiger partial charge in [-0.1, -0.05) is 17.7 Å². The minimum Gasteiger partial charge on any atom is -0.218 e. The lowest BCUT2D eigenvalue weighted by atomic mass is 10.2. The maximum Gasteiger partial charge on any atom is 0.341 e. The number of aryl methyl sites for hydroxylation is 1. The Labute approximate surface area is 76.5 Å². The van der Waals surface area contributed by atoms with Crippen LogP contribution in [0.2, 0.25) is 0 Å². The van der Waals surface area contributed by atoms with Crippen LogP contribution in [0, 0.1) is 6.92 Å². The fraction of sp³-hybridized carbons (Fsp3) is 0.250. The second-order valence-corrected chi connectivity index (χ2v) is 4.33. The monoisotopic (exact) mass is 207 g/mol. The van der Waals surface area contributed by atoms with Crippen LogP contribution >= 0.6 is 0 Å². The second-order valence-electron chi connectivity index (χ2n) is 2.54. The van der Waals surface area contributed by atoms with Gasteiger partial charge in [0.05, 0.1) is 4.90 Å². The normalized spacial score (nSPS) is 13.9. The van der Waals surface area contributed by atoms with Gasteiger partial charge in [-0.2, -0.15) is 8.78 Å². The van der Waals surface area contributed by atoms with Gasteiger partial charge in [0.25, 0.3) is 0 Å². The summed E-state index contributed by atoms with van der Waals surface area (Å²) < 4.78 is 53.0. The van der Waals surface area contributed by atoms with E-state index in [1.54, 1.807) is 6.92 Å². The Morgan fingerprint density at radius 1 is 1.31 bits per heavy atom. The molecule has 0 unspecified atom stereocenters. The molecule has 1 aromatic rings. The van der Waals surface area contributed by atoms with Crippen LogP contribution in [0.25, 0.3) is 0 Å².